The third-order valence-electron chi connectivity index (χ3n) is 1.59. The van der Waals surface area contributed by atoms with Crippen molar-refractivity contribution in [1.29, 1.82) is 0 Å². The highest BCUT2D eigenvalue weighted by Gasteiger charge is 2.00. The lowest BCUT2D eigenvalue weighted by molar-refractivity contribution is 1.39. The summed E-state index contributed by atoms with van der Waals surface area (Å²) in [6.07, 6.45) is 4.16. The van der Waals surface area contributed by atoms with Crippen molar-refractivity contribution in [2.75, 3.05) is 0 Å². The van der Waals surface area contributed by atoms with E-state index in [1.807, 2.05) is 6.92 Å². The van der Waals surface area contributed by atoms with Gasteiger partial charge >= 0.3 is 0 Å². The molecular weight excluding hydrogens is 327 g/mol. The Morgan fingerprint density at radius 2 is 2.08 bits per heavy atom. The summed E-state index contributed by atoms with van der Waals surface area (Å²) in [5, 5.41) is 0. The second-order valence-electron chi connectivity index (χ2n) is 2.63. The van der Waals surface area contributed by atoms with E-state index in [4.69, 9.17) is 0 Å². The standard InChI is InChI=1S/C10H10BrI/c1-3-4-8-6-9(12)5-7(2)10(8)11/h3-6H,1-2H3/b4-3+. The Hall–Kier alpha value is 0.170. The van der Waals surface area contributed by atoms with E-state index in [2.05, 4.69) is 69.7 Å². The van der Waals surface area contributed by atoms with Crippen LogP contribution in [0.15, 0.2) is 22.7 Å². The van der Waals surface area contributed by atoms with E-state index in [-0.39, 0.29) is 0 Å². The van der Waals surface area contributed by atoms with Gasteiger partial charge in [-0.25, -0.2) is 0 Å². The monoisotopic (exact) mass is 336 g/mol. The van der Waals surface area contributed by atoms with Crippen molar-refractivity contribution in [3.05, 3.63) is 37.4 Å². The zero-order chi connectivity index (χ0) is 9.14. The molecule has 0 radical (unpaired) electrons. The zero-order valence-electron chi connectivity index (χ0n) is 7.07. The van der Waals surface area contributed by atoms with Crippen LogP contribution in [0.25, 0.3) is 6.08 Å². The molecule has 0 fully saturated rings. The minimum atomic E-state index is 1.20. The molecular formula is C10H10BrI. The van der Waals surface area contributed by atoms with Gasteiger partial charge < -0.3 is 0 Å². The Morgan fingerprint density at radius 1 is 1.42 bits per heavy atom. The highest BCUT2D eigenvalue weighted by atomic mass is 127. The van der Waals surface area contributed by atoms with Gasteiger partial charge in [-0.05, 0) is 75.6 Å². The summed E-state index contributed by atoms with van der Waals surface area (Å²) in [6, 6.07) is 4.33. The van der Waals surface area contributed by atoms with Crippen molar-refractivity contribution in [2.24, 2.45) is 0 Å². The number of rotatable bonds is 1. The van der Waals surface area contributed by atoms with Gasteiger partial charge in [-0.3, -0.25) is 0 Å². The Kier molecular flexibility index (Phi) is 3.77. The van der Waals surface area contributed by atoms with Crippen LogP contribution in [-0.2, 0) is 0 Å². The Balaban J connectivity index is 3.27. The fourth-order valence-electron chi connectivity index (χ4n) is 1.05. The summed E-state index contributed by atoms with van der Waals surface area (Å²) in [4.78, 5) is 0. The van der Waals surface area contributed by atoms with Crippen LogP contribution in [-0.4, -0.2) is 0 Å². The second-order valence-corrected chi connectivity index (χ2v) is 4.66. The molecule has 0 aliphatic rings. The molecule has 0 bridgehead atoms. The van der Waals surface area contributed by atoms with E-state index in [9.17, 15) is 0 Å². The number of benzene rings is 1. The van der Waals surface area contributed by atoms with Crippen LogP contribution in [0.5, 0.6) is 0 Å². The van der Waals surface area contributed by atoms with Crippen LogP contribution in [0, 0.1) is 10.5 Å². The van der Waals surface area contributed by atoms with Crippen LogP contribution >= 0.6 is 38.5 Å². The highest BCUT2D eigenvalue weighted by molar-refractivity contribution is 14.1. The average Bonchev–Trinajstić information content (AvgIpc) is 2.00. The Labute approximate surface area is 95.3 Å². The lowest BCUT2D eigenvalue weighted by Crippen LogP contribution is -1.83. The van der Waals surface area contributed by atoms with Crippen LogP contribution in [0.2, 0.25) is 0 Å². The zero-order valence-corrected chi connectivity index (χ0v) is 10.8. The van der Waals surface area contributed by atoms with Crippen molar-refractivity contribution in [1.82, 2.24) is 0 Å². The summed E-state index contributed by atoms with van der Waals surface area (Å²) in [5.41, 5.74) is 2.54. The largest absolute Gasteiger partial charge is 0.0870 e. The molecule has 0 atom stereocenters. The van der Waals surface area contributed by atoms with Gasteiger partial charge in [-0.2, -0.15) is 0 Å². The predicted octanol–water partition coefficient (Wildman–Crippen LogP) is 4.40. The summed E-state index contributed by atoms with van der Waals surface area (Å²) in [7, 11) is 0. The van der Waals surface area contributed by atoms with E-state index in [1.54, 1.807) is 0 Å². The van der Waals surface area contributed by atoms with Crippen LogP contribution < -0.4 is 0 Å². The van der Waals surface area contributed by atoms with Crippen LogP contribution in [0.1, 0.15) is 18.1 Å². The van der Waals surface area contributed by atoms with E-state index < -0.39 is 0 Å². The molecule has 0 nitrogen and oxygen atoms in total. The van der Waals surface area contributed by atoms with Gasteiger partial charge in [0, 0.05) is 8.04 Å². The normalized spacial score (nSPS) is 11.0. The third kappa shape index (κ3) is 2.33. The van der Waals surface area contributed by atoms with E-state index in [0.717, 1.165) is 0 Å². The van der Waals surface area contributed by atoms with Crippen molar-refractivity contribution >= 4 is 44.6 Å². The van der Waals surface area contributed by atoms with Crippen molar-refractivity contribution in [3.63, 3.8) is 0 Å². The first kappa shape index (κ1) is 10.3. The minimum absolute atomic E-state index is 1.20. The molecule has 0 saturated carbocycles. The molecule has 0 heterocycles. The summed E-state index contributed by atoms with van der Waals surface area (Å²) < 4.78 is 2.47. The van der Waals surface area contributed by atoms with E-state index in [1.165, 1.54) is 19.2 Å². The molecule has 2 heteroatoms. The molecule has 0 unspecified atom stereocenters. The fraction of sp³-hybridized carbons (Fsp3) is 0.200. The maximum atomic E-state index is 3.56. The first-order chi connectivity index (χ1) is 5.65. The average molecular weight is 337 g/mol. The number of hydrogen-bond acceptors (Lipinski definition) is 0. The maximum absolute atomic E-state index is 3.56. The van der Waals surface area contributed by atoms with Gasteiger partial charge in [0.1, 0.15) is 0 Å². The molecule has 64 valence electrons. The molecule has 1 aromatic rings. The first-order valence-corrected chi connectivity index (χ1v) is 5.60. The molecule has 12 heavy (non-hydrogen) atoms. The third-order valence-corrected chi connectivity index (χ3v) is 3.30. The van der Waals surface area contributed by atoms with Gasteiger partial charge in [0.05, 0.1) is 0 Å². The van der Waals surface area contributed by atoms with Crippen LogP contribution in [0.3, 0.4) is 0 Å². The van der Waals surface area contributed by atoms with Gasteiger partial charge in [-0.1, -0.05) is 12.2 Å². The Bertz CT molecular complexity index is 316. The van der Waals surface area contributed by atoms with Crippen molar-refractivity contribution in [3.8, 4) is 0 Å². The predicted molar refractivity (Wildman–Crippen MR) is 66.3 cm³/mol. The number of hydrogen-bond donors (Lipinski definition) is 0. The molecule has 0 aliphatic carbocycles. The molecule has 1 aromatic carbocycles. The highest BCUT2D eigenvalue weighted by Crippen LogP contribution is 2.25. The van der Waals surface area contributed by atoms with Gasteiger partial charge in [0.25, 0.3) is 0 Å². The van der Waals surface area contributed by atoms with E-state index >= 15 is 0 Å². The number of allylic oxidation sites excluding steroid dienone is 1. The number of aryl methyl sites for hydroxylation is 1. The lowest BCUT2D eigenvalue weighted by Gasteiger charge is -2.03. The lowest BCUT2D eigenvalue weighted by atomic mass is 10.1. The molecule has 0 aromatic heterocycles. The van der Waals surface area contributed by atoms with Crippen LogP contribution in [0.4, 0.5) is 0 Å². The minimum Gasteiger partial charge on any atom is -0.0870 e. The topological polar surface area (TPSA) is 0 Å². The summed E-state index contributed by atoms with van der Waals surface area (Å²) >= 11 is 5.89. The number of halogens is 2. The first-order valence-electron chi connectivity index (χ1n) is 3.73. The molecule has 0 amide bonds. The molecule has 0 N–H and O–H groups in total. The fourth-order valence-corrected chi connectivity index (χ4v) is 2.22. The van der Waals surface area contributed by atoms with Gasteiger partial charge in [0.15, 0.2) is 0 Å². The SMILES string of the molecule is C/C=C/c1cc(I)cc(C)c1Br. The molecule has 1 rings (SSSR count). The molecule has 0 spiro atoms. The van der Waals surface area contributed by atoms with Crippen molar-refractivity contribution in [2.45, 2.75) is 13.8 Å². The summed E-state index contributed by atoms with van der Waals surface area (Å²) in [6.45, 7) is 4.14. The van der Waals surface area contributed by atoms with Gasteiger partial charge in [0.2, 0.25) is 0 Å². The molecule has 0 saturated heterocycles. The smallest absolute Gasteiger partial charge is 0.0277 e. The Morgan fingerprint density at radius 3 is 2.67 bits per heavy atom. The van der Waals surface area contributed by atoms with Crippen molar-refractivity contribution < 1.29 is 0 Å². The quantitative estimate of drug-likeness (QED) is 0.667. The van der Waals surface area contributed by atoms with E-state index in [0.29, 0.717) is 0 Å². The second kappa shape index (κ2) is 4.42. The maximum Gasteiger partial charge on any atom is 0.0277 e. The molecule has 0 aliphatic heterocycles. The summed E-state index contributed by atoms with van der Waals surface area (Å²) in [5.74, 6) is 0. The van der Waals surface area contributed by atoms with Gasteiger partial charge in [-0.15, -0.1) is 0 Å².